The number of anilines is 1. The Labute approximate surface area is 199 Å². The first-order chi connectivity index (χ1) is 14.9. The fourth-order valence-corrected chi connectivity index (χ4v) is 4.16. The number of hydrogen-bond acceptors (Lipinski definition) is 3. The topological polar surface area (TPSA) is 49.5 Å². The van der Waals surface area contributed by atoms with Gasteiger partial charge in [-0.1, -0.05) is 77.3 Å². The summed E-state index contributed by atoms with van der Waals surface area (Å²) in [5, 5.41) is 12.3. The highest BCUT2D eigenvalue weighted by Crippen LogP contribution is 2.31. The standard InChI is InChI=1S/C25H27Cl3N2O/c26-21-10-8-19(9-11-21)7-4-13-30(14-12-18-5-2-1-3-6-18)17-24(31)20-15-22(27)25(29)23(28)16-20/h1-3,5-6,8-11,15-16,24,31H,4,7,12-14,17,29H2. The molecule has 0 aliphatic carbocycles. The molecule has 0 spiro atoms. The number of aliphatic hydroxyl groups excluding tert-OH is 1. The molecule has 0 radical (unpaired) electrons. The Morgan fingerprint density at radius 2 is 1.42 bits per heavy atom. The van der Waals surface area contributed by atoms with Crippen molar-refractivity contribution < 1.29 is 5.11 Å². The smallest absolute Gasteiger partial charge is 0.0917 e. The Bertz CT molecular complexity index is 941. The van der Waals surface area contributed by atoms with Crippen molar-refractivity contribution in [3.05, 3.63) is 98.5 Å². The quantitative estimate of drug-likeness (QED) is 0.330. The molecule has 0 aromatic heterocycles. The van der Waals surface area contributed by atoms with E-state index in [-0.39, 0.29) is 0 Å². The fourth-order valence-electron chi connectivity index (χ4n) is 3.53. The minimum atomic E-state index is -0.707. The first-order valence-electron chi connectivity index (χ1n) is 10.4. The Morgan fingerprint density at radius 1 is 0.806 bits per heavy atom. The molecule has 6 heteroatoms. The third-order valence-electron chi connectivity index (χ3n) is 5.33. The first kappa shape index (κ1) is 23.9. The monoisotopic (exact) mass is 476 g/mol. The summed E-state index contributed by atoms with van der Waals surface area (Å²) in [6.07, 6.45) is 2.14. The molecule has 3 nitrogen and oxygen atoms in total. The van der Waals surface area contributed by atoms with E-state index in [1.165, 1.54) is 11.1 Å². The molecule has 3 rings (SSSR count). The number of benzene rings is 3. The van der Waals surface area contributed by atoms with Crippen molar-refractivity contribution in [2.45, 2.75) is 25.4 Å². The fraction of sp³-hybridized carbons (Fsp3) is 0.280. The molecular weight excluding hydrogens is 451 g/mol. The van der Waals surface area contributed by atoms with Gasteiger partial charge in [0.1, 0.15) is 0 Å². The van der Waals surface area contributed by atoms with E-state index in [0.717, 1.165) is 37.4 Å². The van der Waals surface area contributed by atoms with Crippen LogP contribution in [0.5, 0.6) is 0 Å². The van der Waals surface area contributed by atoms with Gasteiger partial charge in [-0.3, -0.25) is 0 Å². The Hall–Kier alpha value is -1.75. The van der Waals surface area contributed by atoms with E-state index in [4.69, 9.17) is 40.5 Å². The van der Waals surface area contributed by atoms with Crippen LogP contribution in [-0.2, 0) is 12.8 Å². The van der Waals surface area contributed by atoms with Crippen LogP contribution in [-0.4, -0.2) is 29.6 Å². The summed E-state index contributed by atoms with van der Waals surface area (Å²) in [7, 11) is 0. The average Bonchev–Trinajstić information content (AvgIpc) is 2.77. The summed E-state index contributed by atoms with van der Waals surface area (Å²) in [4.78, 5) is 2.28. The lowest BCUT2D eigenvalue weighted by atomic mass is 10.1. The van der Waals surface area contributed by atoms with Crippen LogP contribution >= 0.6 is 34.8 Å². The van der Waals surface area contributed by atoms with Crippen LogP contribution < -0.4 is 5.73 Å². The van der Waals surface area contributed by atoms with Gasteiger partial charge in [-0.15, -0.1) is 0 Å². The molecule has 31 heavy (non-hydrogen) atoms. The van der Waals surface area contributed by atoms with Gasteiger partial charge in [0.25, 0.3) is 0 Å². The lowest BCUT2D eigenvalue weighted by molar-refractivity contribution is 0.113. The zero-order valence-electron chi connectivity index (χ0n) is 17.3. The molecule has 3 aromatic rings. The van der Waals surface area contributed by atoms with E-state index in [1.54, 1.807) is 12.1 Å². The van der Waals surface area contributed by atoms with Crippen LogP contribution in [0, 0.1) is 0 Å². The Morgan fingerprint density at radius 3 is 2.06 bits per heavy atom. The number of nitrogen functional groups attached to an aromatic ring is 1. The lowest BCUT2D eigenvalue weighted by Gasteiger charge is -2.26. The number of aryl methyl sites for hydroxylation is 1. The molecule has 3 N–H and O–H groups in total. The summed E-state index contributed by atoms with van der Waals surface area (Å²) in [5.41, 5.74) is 9.37. The summed E-state index contributed by atoms with van der Waals surface area (Å²) >= 11 is 18.3. The zero-order valence-corrected chi connectivity index (χ0v) is 19.5. The van der Waals surface area contributed by atoms with Crippen molar-refractivity contribution in [1.29, 1.82) is 0 Å². The normalized spacial score (nSPS) is 12.3. The number of aliphatic hydroxyl groups is 1. The molecular formula is C25H27Cl3N2O. The molecule has 0 aliphatic heterocycles. The number of rotatable bonds is 10. The minimum Gasteiger partial charge on any atom is -0.396 e. The maximum absolute atomic E-state index is 10.9. The van der Waals surface area contributed by atoms with Gasteiger partial charge in [0.05, 0.1) is 21.8 Å². The van der Waals surface area contributed by atoms with Crippen LogP contribution in [0.3, 0.4) is 0 Å². The van der Waals surface area contributed by atoms with E-state index >= 15 is 0 Å². The molecule has 1 atom stereocenters. The van der Waals surface area contributed by atoms with Gasteiger partial charge in [0.15, 0.2) is 0 Å². The van der Waals surface area contributed by atoms with Crippen LogP contribution in [0.2, 0.25) is 15.1 Å². The highest BCUT2D eigenvalue weighted by Gasteiger charge is 2.16. The molecule has 0 aliphatic rings. The van der Waals surface area contributed by atoms with Crippen LogP contribution in [0.1, 0.15) is 29.2 Å². The van der Waals surface area contributed by atoms with Gasteiger partial charge < -0.3 is 15.7 Å². The molecule has 164 valence electrons. The van der Waals surface area contributed by atoms with E-state index < -0.39 is 6.10 Å². The van der Waals surface area contributed by atoms with Gasteiger partial charge in [0.2, 0.25) is 0 Å². The molecule has 1 unspecified atom stereocenters. The maximum atomic E-state index is 10.9. The highest BCUT2D eigenvalue weighted by molar-refractivity contribution is 6.38. The van der Waals surface area contributed by atoms with Crippen molar-refractivity contribution in [1.82, 2.24) is 4.90 Å². The number of nitrogens with zero attached hydrogens (tertiary/aromatic N) is 1. The van der Waals surface area contributed by atoms with Gasteiger partial charge in [-0.25, -0.2) is 0 Å². The second-order valence-corrected chi connectivity index (χ2v) is 8.93. The van der Waals surface area contributed by atoms with Gasteiger partial charge in [-0.05, 0) is 66.8 Å². The van der Waals surface area contributed by atoms with E-state index in [2.05, 4.69) is 29.2 Å². The molecule has 0 bridgehead atoms. The molecule has 0 saturated heterocycles. The van der Waals surface area contributed by atoms with Crippen molar-refractivity contribution in [2.24, 2.45) is 0 Å². The third kappa shape index (κ3) is 7.41. The lowest BCUT2D eigenvalue weighted by Crippen LogP contribution is -2.32. The zero-order chi connectivity index (χ0) is 22.2. The Balaban J connectivity index is 1.64. The van der Waals surface area contributed by atoms with Gasteiger partial charge >= 0.3 is 0 Å². The van der Waals surface area contributed by atoms with Crippen molar-refractivity contribution in [3.8, 4) is 0 Å². The molecule has 0 fully saturated rings. The average molecular weight is 478 g/mol. The third-order valence-corrected chi connectivity index (χ3v) is 6.21. The second-order valence-electron chi connectivity index (χ2n) is 7.68. The van der Waals surface area contributed by atoms with Crippen LogP contribution in [0.25, 0.3) is 0 Å². The summed E-state index contributed by atoms with van der Waals surface area (Å²) < 4.78 is 0. The van der Waals surface area contributed by atoms with E-state index in [0.29, 0.717) is 27.8 Å². The second kappa shape index (κ2) is 11.8. The van der Waals surface area contributed by atoms with Crippen LogP contribution in [0.4, 0.5) is 5.69 Å². The van der Waals surface area contributed by atoms with Crippen molar-refractivity contribution >= 4 is 40.5 Å². The number of nitrogens with two attached hydrogens (primary N) is 1. The van der Waals surface area contributed by atoms with Crippen LogP contribution in [0.15, 0.2) is 66.7 Å². The molecule has 0 saturated carbocycles. The van der Waals surface area contributed by atoms with Crippen molar-refractivity contribution in [2.75, 3.05) is 25.4 Å². The Kier molecular flexibility index (Phi) is 9.06. The predicted molar refractivity (Wildman–Crippen MR) is 132 cm³/mol. The summed E-state index contributed by atoms with van der Waals surface area (Å²) in [6, 6.07) is 21.7. The van der Waals surface area contributed by atoms with E-state index in [1.807, 2.05) is 30.3 Å². The minimum absolute atomic E-state index is 0.336. The van der Waals surface area contributed by atoms with Gasteiger partial charge in [0, 0.05) is 18.1 Å². The maximum Gasteiger partial charge on any atom is 0.0917 e. The number of halogens is 3. The largest absolute Gasteiger partial charge is 0.396 e. The first-order valence-corrected chi connectivity index (χ1v) is 11.5. The SMILES string of the molecule is Nc1c(Cl)cc(C(O)CN(CCCc2ccc(Cl)cc2)CCc2ccccc2)cc1Cl. The highest BCUT2D eigenvalue weighted by atomic mass is 35.5. The summed E-state index contributed by atoms with van der Waals surface area (Å²) in [5.74, 6) is 0. The molecule has 0 amide bonds. The summed E-state index contributed by atoms with van der Waals surface area (Å²) in [6.45, 7) is 2.20. The molecule has 0 heterocycles. The van der Waals surface area contributed by atoms with E-state index in [9.17, 15) is 5.11 Å². The van der Waals surface area contributed by atoms with Crippen molar-refractivity contribution in [3.63, 3.8) is 0 Å². The van der Waals surface area contributed by atoms with Gasteiger partial charge in [-0.2, -0.15) is 0 Å². The molecule has 3 aromatic carbocycles. The number of hydrogen-bond donors (Lipinski definition) is 2. The predicted octanol–water partition coefficient (Wildman–Crippen LogP) is 6.44.